The average molecular weight is 266 g/mol. The number of halogens is 3. The van der Waals surface area contributed by atoms with Crippen molar-refractivity contribution in [3.8, 4) is 0 Å². The van der Waals surface area contributed by atoms with Crippen LogP contribution in [0.25, 0.3) is 0 Å². The molecule has 0 aliphatic rings. The molecule has 1 rings (SSSR count). The van der Waals surface area contributed by atoms with Crippen LogP contribution < -0.4 is 0 Å². The Morgan fingerprint density at radius 1 is 1.31 bits per heavy atom. The molecule has 13 heavy (non-hydrogen) atoms. The van der Waals surface area contributed by atoms with Crippen molar-refractivity contribution >= 4 is 27.5 Å². The summed E-state index contributed by atoms with van der Waals surface area (Å²) >= 11 is 9.26. The molecule has 0 aromatic heterocycles. The van der Waals surface area contributed by atoms with Gasteiger partial charge in [-0.1, -0.05) is 48.3 Å². The summed E-state index contributed by atoms with van der Waals surface area (Å²) in [5.41, 5.74) is 0.861. The number of benzene rings is 1. The quantitative estimate of drug-likeness (QED) is 0.646. The lowest BCUT2D eigenvalue weighted by molar-refractivity contribution is 0.579. The number of hydrogen-bond acceptors (Lipinski definition) is 0. The van der Waals surface area contributed by atoms with Crippen molar-refractivity contribution in [1.29, 1.82) is 0 Å². The highest BCUT2D eigenvalue weighted by molar-refractivity contribution is 9.10. The first-order valence-corrected chi connectivity index (χ1v) is 5.14. The summed E-state index contributed by atoms with van der Waals surface area (Å²) in [5.74, 6) is -0.315. The van der Waals surface area contributed by atoms with E-state index in [4.69, 9.17) is 11.6 Å². The second-order valence-electron chi connectivity index (χ2n) is 3.99. The minimum Gasteiger partial charge on any atom is -0.207 e. The van der Waals surface area contributed by atoms with Gasteiger partial charge in [-0.05, 0) is 23.1 Å². The first kappa shape index (κ1) is 11.0. The predicted molar refractivity (Wildman–Crippen MR) is 57.8 cm³/mol. The van der Waals surface area contributed by atoms with Crippen LogP contribution in [0, 0.1) is 5.82 Å². The summed E-state index contributed by atoms with van der Waals surface area (Å²) in [5, 5.41) is 0.472. The molecular weight excluding hydrogens is 254 g/mol. The predicted octanol–water partition coefficient (Wildman–Crippen LogP) is 4.54. The Labute approximate surface area is 91.2 Å². The second kappa shape index (κ2) is 3.58. The van der Waals surface area contributed by atoms with Crippen LogP contribution in [0.1, 0.15) is 26.3 Å². The van der Waals surface area contributed by atoms with Crippen LogP contribution in [0.15, 0.2) is 16.6 Å². The van der Waals surface area contributed by atoms with E-state index >= 15 is 0 Å². The van der Waals surface area contributed by atoms with Gasteiger partial charge in [-0.25, -0.2) is 4.39 Å². The fourth-order valence-electron chi connectivity index (χ4n) is 1.26. The number of rotatable bonds is 0. The van der Waals surface area contributed by atoms with Gasteiger partial charge in [-0.2, -0.15) is 0 Å². The maximum absolute atomic E-state index is 12.9. The Hall–Kier alpha value is -0.0800. The third-order valence-electron chi connectivity index (χ3n) is 1.76. The molecule has 0 saturated carbocycles. The summed E-state index contributed by atoms with van der Waals surface area (Å²) in [6.45, 7) is 6.12. The van der Waals surface area contributed by atoms with Gasteiger partial charge >= 0.3 is 0 Å². The lowest BCUT2D eigenvalue weighted by Gasteiger charge is -2.22. The van der Waals surface area contributed by atoms with Gasteiger partial charge in [0.15, 0.2) is 0 Å². The van der Waals surface area contributed by atoms with E-state index < -0.39 is 0 Å². The van der Waals surface area contributed by atoms with Crippen LogP contribution in [0.5, 0.6) is 0 Å². The highest BCUT2D eigenvalue weighted by Crippen LogP contribution is 2.36. The maximum atomic E-state index is 12.9. The van der Waals surface area contributed by atoms with Crippen molar-refractivity contribution in [3.63, 3.8) is 0 Å². The van der Waals surface area contributed by atoms with E-state index in [-0.39, 0.29) is 11.2 Å². The minimum atomic E-state index is -0.315. The lowest BCUT2D eigenvalue weighted by atomic mass is 9.87. The van der Waals surface area contributed by atoms with E-state index in [0.29, 0.717) is 5.02 Å². The zero-order valence-corrected chi connectivity index (χ0v) is 10.1. The summed E-state index contributed by atoms with van der Waals surface area (Å²) < 4.78 is 13.6. The smallest absolute Gasteiger partial charge is 0.125 e. The third-order valence-corrected chi connectivity index (χ3v) is 2.68. The van der Waals surface area contributed by atoms with Gasteiger partial charge < -0.3 is 0 Å². The lowest BCUT2D eigenvalue weighted by Crippen LogP contribution is -2.13. The van der Waals surface area contributed by atoms with Crippen molar-refractivity contribution in [3.05, 3.63) is 33.0 Å². The van der Waals surface area contributed by atoms with E-state index in [1.165, 1.54) is 12.1 Å². The Balaban J connectivity index is 3.38. The van der Waals surface area contributed by atoms with Crippen LogP contribution in [0.4, 0.5) is 4.39 Å². The van der Waals surface area contributed by atoms with Crippen LogP contribution in [-0.2, 0) is 5.41 Å². The standard InChI is InChI=1S/C10H11BrClF/c1-10(2,3)9-7(11)4-6(13)5-8(9)12/h4-5H,1-3H3. The summed E-state index contributed by atoms with van der Waals surface area (Å²) in [6.07, 6.45) is 0. The van der Waals surface area contributed by atoms with Crippen molar-refractivity contribution in [2.45, 2.75) is 26.2 Å². The van der Waals surface area contributed by atoms with E-state index in [1.54, 1.807) is 0 Å². The Bertz CT molecular complexity index is 305. The SMILES string of the molecule is CC(C)(C)c1c(Cl)cc(F)cc1Br. The van der Waals surface area contributed by atoms with Crippen LogP contribution in [0.3, 0.4) is 0 Å². The molecule has 0 saturated heterocycles. The Morgan fingerprint density at radius 2 is 1.85 bits per heavy atom. The summed E-state index contributed by atoms with van der Waals surface area (Å²) in [6, 6.07) is 2.78. The van der Waals surface area contributed by atoms with Crippen LogP contribution in [0.2, 0.25) is 5.02 Å². The molecule has 0 aliphatic heterocycles. The molecule has 1 aromatic carbocycles. The summed E-state index contributed by atoms with van der Waals surface area (Å²) in [7, 11) is 0. The van der Waals surface area contributed by atoms with Gasteiger partial charge in [-0.15, -0.1) is 0 Å². The van der Waals surface area contributed by atoms with E-state index in [1.807, 2.05) is 20.8 Å². The molecule has 0 heterocycles. The van der Waals surface area contributed by atoms with Crippen molar-refractivity contribution < 1.29 is 4.39 Å². The molecule has 0 nitrogen and oxygen atoms in total. The van der Waals surface area contributed by atoms with Crippen molar-refractivity contribution in [2.75, 3.05) is 0 Å². The molecule has 0 fully saturated rings. The highest BCUT2D eigenvalue weighted by atomic mass is 79.9. The molecule has 0 bridgehead atoms. The molecule has 0 spiro atoms. The van der Waals surface area contributed by atoms with E-state index in [2.05, 4.69) is 15.9 Å². The molecule has 0 N–H and O–H groups in total. The molecular formula is C10H11BrClF. The first-order chi connectivity index (χ1) is 5.82. The minimum absolute atomic E-state index is 0.0797. The molecule has 0 unspecified atom stereocenters. The van der Waals surface area contributed by atoms with Gasteiger partial charge in [0, 0.05) is 9.50 Å². The molecule has 0 atom stereocenters. The largest absolute Gasteiger partial charge is 0.207 e. The monoisotopic (exact) mass is 264 g/mol. The van der Waals surface area contributed by atoms with Gasteiger partial charge in [0.05, 0.1) is 0 Å². The van der Waals surface area contributed by atoms with Gasteiger partial charge in [-0.3, -0.25) is 0 Å². The maximum Gasteiger partial charge on any atom is 0.125 e. The Morgan fingerprint density at radius 3 is 2.23 bits per heavy atom. The fourth-order valence-corrected chi connectivity index (χ4v) is 2.89. The topological polar surface area (TPSA) is 0 Å². The fraction of sp³-hybridized carbons (Fsp3) is 0.400. The molecule has 0 aliphatic carbocycles. The summed E-state index contributed by atoms with van der Waals surface area (Å²) in [4.78, 5) is 0. The van der Waals surface area contributed by atoms with Gasteiger partial charge in [0.1, 0.15) is 5.82 Å². The van der Waals surface area contributed by atoms with Crippen LogP contribution in [-0.4, -0.2) is 0 Å². The second-order valence-corrected chi connectivity index (χ2v) is 5.26. The molecule has 72 valence electrons. The van der Waals surface area contributed by atoms with E-state index in [0.717, 1.165) is 10.0 Å². The zero-order valence-electron chi connectivity index (χ0n) is 7.79. The van der Waals surface area contributed by atoms with E-state index in [9.17, 15) is 4.39 Å². The normalized spacial score (nSPS) is 11.8. The van der Waals surface area contributed by atoms with Crippen molar-refractivity contribution in [1.82, 2.24) is 0 Å². The first-order valence-electron chi connectivity index (χ1n) is 3.97. The van der Waals surface area contributed by atoms with Gasteiger partial charge in [0.25, 0.3) is 0 Å². The van der Waals surface area contributed by atoms with Crippen molar-refractivity contribution in [2.24, 2.45) is 0 Å². The molecule has 0 amide bonds. The molecule has 3 heteroatoms. The highest BCUT2D eigenvalue weighted by Gasteiger charge is 2.21. The number of hydrogen-bond donors (Lipinski definition) is 0. The third kappa shape index (κ3) is 2.44. The Kier molecular flexibility index (Phi) is 3.03. The zero-order chi connectivity index (χ0) is 10.2. The van der Waals surface area contributed by atoms with Gasteiger partial charge in [0.2, 0.25) is 0 Å². The van der Waals surface area contributed by atoms with Crippen LogP contribution >= 0.6 is 27.5 Å². The molecule has 1 aromatic rings. The average Bonchev–Trinajstić information content (AvgIpc) is 1.78. The molecule has 0 radical (unpaired) electrons.